The zero-order valence-electron chi connectivity index (χ0n) is 16.2. The van der Waals surface area contributed by atoms with Crippen LogP contribution in [0.5, 0.6) is 0 Å². The number of nitrogens with one attached hydrogen (secondary N) is 2. The van der Waals surface area contributed by atoms with Gasteiger partial charge in [0, 0.05) is 37.4 Å². The van der Waals surface area contributed by atoms with E-state index in [4.69, 9.17) is 4.74 Å². The van der Waals surface area contributed by atoms with Crippen LogP contribution in [0.15, 0.2) is 60.0 Å². The number of hydrogen-bond donors (Lipinski definition) is 2. The summed E-state index contributed by atoms with van der Waals surface area (Å²) < 4.78 is 5.06. The zero-order valence-corrected chi connectivity index (χ0v) is 17.0. The van der Waals surface area contributed by atoms with Crippen molar-refractivity contribution in [2.24, 2.45) is 0 Å². The lowest BCUT2D eigenvalue weighted by molar-refractivity contribution is -0.119. The highest BCUT2D eigenvalue weighted by molar-refractivity contribution is 7.13. The van der Waals surface area contributed by atoms with Crippen LogP contribution in [-0.2, 0) is 16.1 Å². The molecule has 0 radical (unpaired) electrons. The van der Waals surface area contributed by atoms with Gasteiger partial charge in [0.1, 0.15) is 0 Å². The molecule has 0 unspecified atom stereocenters. The maximum atomic E-state index is 12.1. The third-order valence-corrected chi connectivity index (χ3v) is 4.80. The number of rotatable bonds is 8. The fourth-order valence-electron chi connectivity index (χ4n) is 2.47. The molecule has 29 heavy (non-hydrogen) atoms. The van der Waals surface area contributed by atoms with E-state index >= 15 is 0 Å². The molecule has 1 aromatic heterocycles. The van der Waals surface area contributed by atoms with Crippen molar-refractivity contribution < 1.29 is 14.3 Å². The van der Waals surface area contributed by atoms with Gasteiger partial charge in [0.25, 0.3) is 5.91 Å². The Morgan fingerprint density at radius 3 is 2.48 bits per heavy atom. The molecule has 0 aliphatic carbocycles. The number of hydrogen-bond acceptors (Lipinski definition) is 7. The summed E-state index contributed by atoms with van der Waals surface area (Å²) in [4.78, 5) is 30.3. The van der Waals surface area contributed by atoms with Gasteiger partial charge in [0.05, 0.1) is 0 Å². The number of carbonyl (C=O) groups is 2. The fourth-order valence-corrected chi connectivity index (χ4v) is 3.15. The Kier molecular flexibility index (Phi) is 6.80. The Morgan fingerprint density at radius 2 is 1.79 bits per heavy atom. The molecule has 0 aliphatic heterocycles. The van der Waals surface area contributed by atoms with Crippen molar-refractivity contribution >= 4 is 39.7 Å². The van der Waals surface area contributed by atoms with Crippen molar-refractivity contribution in [2.45, 2.75) is 6.54 Å². The summed E-state index contributed by atoms with van der Waals surface area (Å²) in [6, 6.07) is 17.2. The van der Waals surface area contributed by atoms with Crippen LogP contribution in [0.2, 0.25) is 0 Å². The van der Waals surface area contributed by atoms with Crippen molar-refractivity contribution in [3.8, 4) is 0 Å². The van der Waals surface area contributed by atoms with Crippen LogP contribution < -0.4 is 15.5 Å². The SMILES string of the molecule is CN(C)c1ccc(NC(=O)COC(=O)c2csc(NCc3ccccc3)n2)cc1. The molecular weight excluding hydrogens is 388 g/mol. The monoisotopic (exact) mass is 410 g/mol. The molecule has 0 atom stereocenters. The summed E-state index contributed by atoms with van der Waals surface area (Å²) >= 11 is 1.31. The summed E-state index contributed by atoms with van der Waals surface area (Å²) in [5.41, 5.74) is 2.95. The highest BCUT2D eigenvalue weighted by Crippen LogP contribution is 2.18. The molecule has 0 fully saturated rings. The first kappa shape index (κ1) is 20.3. The minimum absolute atomic E-state index is 0.175. The van der Waals surface area contributed by atoms with Crippen LogP contribution in [0.25, 0.3) is 0 Å². The summed E-state index contributed by atoms with van der Waals surface area (Å²) in [5, 5.41) is 8.08. The molecular formula is C21H22N4O3S. The first-order valence-corrected chi connectivity index (χ1v) is 9.87. The van der Waals surface area contributed by atoms with Crippen LogP contribution in [0.1, 0.15) is 16.1 Å². The van der Waals surface area contributed by atoms with Crippen molar-refractivity contribution in [3.63, 3.8) is 0 Å². The Morgan fingerprint density at radius 1 is 1.07 bits per heavy atom. The van der Waals surface area contributed by atoms with Crippen molar-refractivity contribution in [1.82, 2.24) is 4.98 Å². The minimum Gasteiger partial charge on any atom is -0.451 e. The van der Waals surface area contributed by atoms with Gasteiger partial charge in [0.2, 0.25) is 0 Å². The summed E-state index contributed by atoms with van der Waals surface area (Å²) in [7, 11) is 3.88. The lowest BCUT2D eigenvalue weighted by atomic mass is 10.2. The largest absolute Gasteiger partial charge is 0.451 e. The number of benzene rings is 2. The van der Waals surface area contributed by atoms with Crippen LogP contribution >= 0.6 is 11.3 Å². The van der Waals surface area contributed by atoms with Crippen molar-refractivity contribution in [3.05, 3.63) is 71.2 Å². The Labute approximate surface area is 173 Å². The van der Waals surface area contributed by atoms with Crippen molar-refractivity contribution in [2.75, 3.05) is 36.2 Å². The van der Waals surface area contributed by atoms with E-state index in [1.165, 1.54) is 11.3 Å². The fraction of sp³-hybridized carbons (Fsp3) is 0.190. The summed E-state index contributed by atoms with van der Waals surface area (Å²) in [5.74, 6) is -1.04. The van der Waals surface area contributed by atoms with Gasteiger partial charge in [-0.15, -0.1) is 11.3 Å². The normalized spacial score (nSPS) is 10.3. The van der Waals surface area contributed by atoms with Crippen LogP contribution in [-0.4, -0.2) is 37.6 Å². The van der Waals surface area contributed by atoms with E-state index in [1.807, 2.05) is 61.5 Å². The number of nitrogens with zero attached hydrogens (tertiary/aromatic N) is 2. The third-order valence-electron chi connectivity index (χ3n) is 4.00. The number of aromatic nitrogens is 1. The summed E-state index contributed by atoms with van der Waals surface area (Å²) in [6.45, 7) is 0.233. The molecule has 7 nitrogen and oxygen atoms in total. The number of esters is 1. The zero-order chi connectivity index (χ0) is 20.6. The quantitative estimate of drug-likeness (QED) is 0.552. The highest BCUT2D eigenvalue weighted by Gasteiger charge is 2.14. The molecule has 3 aromatic rings. The maximum Gasteiger partial charge on any atom is 0.358 e. The average Bonchev–Trinajstić information content (AvgIpc) is 3.21. The molecule has 2 aromatic carbocycles. The lowest BCUT2D eigenvalue weighted by Crippen LogP contribution is -2.21. The van der Waals surface area contributed by atoms with E-state index in [9.17, 15) is 9.59 Å². The molecule has 1 amide bonds. The Bertz CT molecular complexity index is 956. The first-order valence-electron chi connectivity index (χ1n) is 8.99. The summed E-state index contributed by atoms with van der Waals surface area (Å²) in [6.07, 6.45) is 0. The van der Waals surface area contributed by atoms with Gasteiger partial charge >= 0.3 is 5.97 Å². The molecule has 8 heteroatoms. The number of thiazole rings is 1. The van der Waals surface area contributed by atoms with E-state index in [2.05, 4.69) is 15.6 Å². The lowest BCUT2D eigenvalue weighted by Gasteiger charge is -2.13. The van der Waals surface area contributed by atoms with Gasteiger partial charge in [-0.25, -0.2) is 9.78 Å². The number of amides is 1. The molecule has 0 spiro atoms. The predicted octanol–water partition coefficient (Wildman–Crippen LogP) is 3.62. The van der Waals surface area contributed by atoms with Gasteiger partial charge in [-0.05, 0) is 29.8 Å². The van der Waals surface area contributed by atoms with Gasteiger partial charge in [-0.2, -0.15) is 0 Å². The van der Waals surface area contributed by atoms with Gasteiger partial charge in [-0.1, -0.05) is 30.3 Å². The van der Waals surface area contributed by atoms with Gasteiger partial charge < -0.3 is 20.3 Å². The molecule has 1 heterocycles. The average molecular weight is 410 g/mol. The second-order valence-corrected chi connectivity index (χ2v) is 7.30. The molecule has 0 saturated heterocycles. The number of carbonyl (C=O) groups excluding carboxylic acids is 2. The number of ether oxygens (including phenoxy) is 1. The molecule has 3 rings (SSSR count). The van der Waals surface area contributed by atoms with E-state index in [1.54, 1.807) is 17.5 Å². The van der Waals surface area contributed by atoms with Crippen molar-refractivity contribution in [1.29, 1.82) is 0 Å². The van der Waals surface area contributed by atoms with Crippen LogP contribution in [0, 0.1) is 0 Å². The molecule has 2 N–H and O–H groups in total. The second-order valence-electron chi connectivity index (χ2n) is 6.44. The van der Waals surface area contributed by atoms with Gasteiger partial charge in [-0.3, -0.25) is 4.79 Å². The minimum atomic E-state index is -0.632. The molecule has 150 valence electrons. The van der Waals surface area contributed by atoms with Crippen LogP contribution in [0.4, 0.5) is 16.5 Å². The number of anilines is 3. The van der Waals surface area contributed by atoms with E-state index in [0.29, 0.717) is 17.4 Å². The Balaban J connectivity index is 1.45. The Hall–Kier alpha value is -3.39. The van der Waals surface area contributed by atoms with E-state index in [-0.39, 0.29) is 12.3 Å². The predicted molar refractivity (Wildman–Crippen MR) is 116 cm³/mol. The smallest absolute Gasteiger partial charge is 0.358 e. The van der Waals surface area contributed by atoms with E-state index < -0.39 is 11.9 Å². The second kappa shape index (κ2) is 9.70. The maximum absolute atomic E-state index is 12.1. The standard InChI is InChI=1S/C21H22N4O3S/c1-25(2)17-10-8-16(9-11-17)23-19(26)13-28-20(27)18-14-29-21(24-18)22-12-15-6-4-3-5-7-15/h3-11,14H,12-13H2,1-2H3,(H,22,24)(H,23,26). The third kappa shape index (κ3) is 6.05. The van der Waals surface area contributed by atoms with E-state index in [0.717, 1.165) is 11.3 Å². The van der Waals surface area contributed by atoms with Crippen LogP contribution in [0.3, 0.4) is 0 Å². The first-order chi connectivity index (χ1) is 14.0. The van der Waals surface area contributed by atoms with Gasteiger partial charge in [0.15, 0.2) is 17.4 Å². The highest BCUT2D eigenvalue weighted by atomic mass is 32.1. The molecule has 0 saturated carbocycles. The topological polar surface area (TPSA) is 83.6 Å². The molecule has 0 aliphatic rings. The molecule has 0 bridgehead atoms.